The molecule has 0 bridgehead atoms. The van der Waals surface area contributed by atoms with Crippen molar-refractivity contribution in [2.45, 2.75) is 31.2 Å². The average Bonchev–Trinajstić information content (AvgIpc) is 3.18. The number of hydrogen-bond acceptors (Lipinski definition) is 5. The summed E-state index contributed by atoms with van der Waals surface area (Å²) in [5.74, 6) is -0.0541. The Balaban J connectivity index is 1.42. The Morgan fingerprint density at radius 1 is 1.36 bits per heavy atom. The maximum atomic E-state index is 12.6. The molecule has 8 heteroatoms. The molecule has 0 aliphatic carbocycles. The van der Waals surface area contributed by atoms with Crippen molar-refractivity contribution in [2.75, 3.05) is 32.4 Å². The molecule has 25 heavy (non-hydrogen) atoms. The number of likely N-dealkylation sites (tertiary alicyclic amines) is 1. The molecule has 1 aromatic heterocycles. The maximum absolute atomic E-state index is 12.6. The SMILES string of the molecule is CN1CCc2[nH]cnc2C12CCN(C(=O)C[C@@H]1C=CS(=O)(=O)C1)CC2. The third kappa shape index (κ3) is 2.91. The molecule has 1 aromatic rings. The highest BCUT2D eigenvalue weighted by atomic mass is 32.2. The molecule has 0 aromatic carbocycles. The van der Waals surface area contributed by atoms with Crippen molar-refractivity contribution < 1.29 is 13.2 Å². The van der Waals surface area contributed by atoms with Crippen molar-refractivity contribution >= 4 is 15.7 Å². The third-order valence-electron chi connectivity index (χ3n) is 5.97. The summed E-state index contributed by atoms with van der Waals surface area (Å²) in [5, 5.41) is 1.24. The Morgan fingerprint density at radius 3 is 2.80 bits per heavy atom. The van der Waals surface area contributed by atoms with Crippen molar-refractivity contribution in [3.63, 3.8) is 0 Å². The molecular weight excluding hydrogens is 340 g/mol. The van der Waals surface area contributed by atoms with Crippen LogP contribution in [0, 0.1) is 5.92 Å². The number of carbonyl (C=O) groups excluding carboxylic acids is 1. The first-order chi connectivity index (χ1) is 11.9. The first-order valence-corrected chi connectivity index (χ1v) is 10.5. The second-order valence-electron chi connectivity index (χ2n) is 7.44. The van der Waals surface area contributed by atoms with Crippen molar-refractivity contribution in [3.8, 4) is 0 Å². The zero-order chi connectivity index (χ0) is 17.7. The number of H-pyrrole nitrogens is 1. The second kappa shape index (κ2) is 5.95. The number of imidazole rings is 1. The van der Waals surface area contributed by atoms with Gasteiger partial charge in [-0.05, 0) is 19.9 Å². The van der Waals surface area contributed by atoms with Gasteiger partial charge in [0.2, 0.25) is 5.91 Å². The Kier molecular flexibility index (Phi) is 3.99. The van der Waals surface area contributed by atoms with Gasteiger partial charge in [0.15, 0.2) is 9.84 Å². The van der Waals surface area contributed by atoms with Gasteiger partial charge < -0.3 is 9.88 Å². The normalized spacial score (nSPS) is 27.6. The molecule has 3 aliphatic rings. The molecule has 4 heterocycles. The number of allylic oxidation sites excluding steroid dienone is 1. The third-order valence-corrected chi connectivity index (χ3v) is 7.44. The smallest absolute Gasteiger partial charge is 0.223 e. The summed E-state index contributed by atoms with van der Waals surface area (Å²) < 4.78 is 23.0. The van der Waals surface area contributed by atoms with Gasteiger partial charge in [0.25, 0.3) is 0 Å². The van der Waals surface area contributed by atoms with Gasteiger partial charge in [-0.3, -0.25) is 9.69 Å². The first-order valence-electron chi connectivity index (χ1n) is 8.82. The Labute approximate surface area is 148 Å². The minimum absolute atomic E-state index is 0.0577. The molecule has 1 saturated heterocycles. The fourth-order valence-corrected chi connectivity index (χ4v) is 5.85. The number of aromatic amines is 1. The number of hydrogen-bond donors (Lipinski definition) is 1. The summed E-state index contributed by atoms with van der Waals surface area (Å²) in [6, 6.07) is 0. The molecular formula is C17H24N4O3S. The van der Waals surface area contributed by atoms with E-state index >= 15 is 0 Å². The largest absolute Gasteiger partial charge is 0.348 e. The number of amides is 1. The predicted octanol–water partition coefficient (Wildman–Crippen LogP) is 0.664. The van der Waals surface area contributed by atoms with E-state index in [1.54, 1.807) is 12.4 Å². The van der Waals surface area contributed by atoms with Crippen LogP contribution >= 0.6 is 0 Å². The quantitative estimate of drug-likeness (QED) is 0.833. The summed E-state index contributed by atoms with van der Waals surface area (Å²) in [4.78, 5) is 24.7. The van der Waals surface area contributed by atoms with E-state index in [-0.39, 0.29) is 29.5 Å². The van der Waals surface area contributed by atoms with E-state index in [9.17, 15) is 13.2 Å². The number of piperidine rings is 1. The van der Waals surface area contributed by atoms with E-state index in [4.69, 9.17) is 0 Å². The van der Waals surface area contributed by atoms with Crippen molar-refractivity contribution in [3.05, 3.63) is 29.2 Å². The van der Waals surface area contributed by atoms with Crippen LogP contribution in [0.3, 0.4) is 0 Å². The summed E-state index contributed by atoms with van der Waals surface area (Å²) in [6.07, 6.45) is 6.43. The Hall–Kier alpha value is -1.67. The van der Waals surface area contributed by atoms with Gasteiger partial charge in [-0.2, -0.15) is 0 Å². The highest BCUT2D eigenvalue weighted by Gasteiger charge is 2.45. The number of nitrogens with one attached hydrogen (secondary N) is 1. The average molecular weight is 364 g/mol. The van der Waals surface area contributed by atoms with Gasteiger partial charge in [-0.15, -0.1) is 0 Å². The van der Waals surface area contributed by atoms with Crippen LogP contribution in [0.5, 0.6) is 0 Å². The van der Waals surface area contributed by atoms with E-state index < -0.39 is 9.84 Å². The number of fused-ring (bicyclic) bond motifs is 2. The molecule has 1 spiro atoms. The summed E-state index contributed by atoms with van der Waals surface area (Å²) in [7, 11) is -0.956. The van der Waals surface area contributed by atoms with Crippen LogP contribution in [0.2, 0.25) is 0 Å². The van der Waals surface area contributed by atoms with Gasteiger partial charge in [0.1, 0.15) is 0 Å². The number of rotatable bonds is 2. The van der Waals surface area contributed by atoms with Crippen LogP contribution in [0.25, 0.3) is 0 Å². The number of aromatic nitrogens is 2. The minimum Gasteiger partial charge on any atom is -0.348 e. The lowest BCUT2D eigenvalue weighted by Gasteiger charge is -2.49. The van der Waals surface area contributed by atoms with E-state index in [0.717, 1.165) is 31.5 Å². The van der Waals surface area contributed by atoms with Gasteiger partial charge in [0, 0.05) is 49.5 Å². The molecule has 0 radical (unpaired) electrons. The lowest BCUT2D eigenvalue weighted by molar-refractivity contribution is -0.134. The van der Waals surface area contributed by atoms with Crippen LogP contribution in [-0.2, 0) is 26.6 Å². The molecule has 0 unspecified atom stereocenters. The standard InChI is InChI=1S/C17H24N4O3S/c1-20-6-2-14-16(19-12-18-14)17(20)4-7-21(8-5-17)15(22)10-13-3-9-25(23,24)11-13/h3,9,12-13H,2,4-8,10-11H2,1H3,(H,18,19)/t13-/m0/s1. The zero-order valence-electron chi connectivity index (χ0n) is 14.4. The molecule has 0 saturated carbocycles. The molecule has 3 aliphatic heterocycles. The monoisotopic (exact) mass is 364 g/mol. The first kappa shape index (κ1) is 16.8. The van der Waals surface area contributed by atoms with Gasteiger partial charge >= 0.3 is 0 Å². The molecule has 1 N–H and O–H groups in total. The molecule has 1 atom stereocenters. The number of sulfone groups is 1. The van der Waals surface area contributed by atoms with Crippen LogP contribution in [0.4, 0.5) is 0 Å². The predicted molar refractivity (Wildman–Crippen MR) is 93.4 cm³/mol. The molecule has 1 fully saturated rings. The molecule has 136 valence electrons. The number of carbonyl (C=O) groups is 1. The van der Waals surface area contributed by atoms with Gasteiger partial charge in [-0.1, -0.05) is 6.08 Å². The zero-order valence-corrected chi connectivity index (χ0v) is 15.3. The lowest BCUT2D eigenvalue weighted by atomic mass is 9.79. The maximum Gasteiger partial charge on any atom is 0.223 e. The molecule has 4 rings (SSSR count). The number of nitrogens with zero attached hydrogens (tertiary/aromatic N) is 3. The van der Waals surface area contributed by atoms with E-state index in [1.165, 1.54) is 11.1 Å². The van der Waals surface area contributed by atoms with Gasteiger partial charge in [-0.25, -0.2) is 13.4 Å². The van der Waals surface area contributed by atoms with Crippen LogP contribution in [0.1, 0.15) is 30.7 Å². The Morgan fingerprint density at radius 2 is 2.12 bits per heavy atom. The van der Waals surface area contributed by atoms with Gasteiger partial charge in [0.05, 0.1) is 23.3 Å². The highest BCUT2D eigenvalue weighted by molar-refractivity contribution is 7.94. The molecule has 1 amide bonds. The highest BCUT2D eigenvalue weighted by Crippen LogP contribution is 2.41. The van der Waals surface area contributed by atoms with Crippen LogP contribution < -0.4 is 0 Å². The topological polar surface area (TPSA) is 86.4 Å². The summed E-state index contributed by atoms with van der Waals surface area (Å²) in [5.41, 5.74) is 2.28. The van der Waals surface area contributed by atoms with E-state index in [1.807, 2.05) is 4.90 Å². The fourth-order valence-electron chi connectivity index (χ4n) is 4.45. The van der Waals surface area contributed by atoms with Crippen molar-refractivity contribution in [1.82, 2.24) is 19.8 Å². The molecule has 7 nitrogen and oxygen atoms in total. The fraction of sp³-hybridized carbons (Fsp3) is 0.647. The summed E-state index contributed by atoms with van der Waals surface area (Å²) >= 11 is 0. The Bertz CT molecular complexity index is 806. The summed E-state index contributed by atoms with van der Waals surface area (Å²) in [6.45, 7) is 2.38. The number of likely N-dealkylation sites (N-methyl/N-ethyl adjacent to an activating group) is 1. The van der Waals surface area contributed by atoms with E-state index in [0.29, 0.717) is 13.1 Å². The van der Waals surface area contributed by atoms with Crippen molar-refractivity contribution in [2.24, 2.45) is 5.92 Å². The second-order valence-corrected chi connectivity index (χ2v) is 9.37. The van der Waals surface area contributed by atoms with E-state index in [2.05, 4.69) is 21.9 Å². The van der Waals surface area contributed by atoms with Crippen LogP contribution in [0.15, 0.2) is 17.8 Å². The van der Waals surface area contributed by atoms with Crippen LogP contribution in [-0.4, -0.2) is 66.5 Å². The lowest BCUT2D eigenvalue weighted by Crippen LogP contribution is -2.55. The minimum atomic E-state index is -3.10. The van der Waals surface area contributed by atoms with Crippen molar-refractivity contribution in [1.29, 1.82) is 0 Å².